The lowest BCUT2D eigenvalue weighted by atomic mass is 9.99. The summed E-state index contributed by atoms with van der Waals surface area (Å²) in [6.07, 6.45) is -1.02. The van der Waals surface area contributed by atoms with Gasteiger partial charge in [0.1, 0.15) is 71.8 Å². The number of guanidine groups is 1. The van der Waals surface area contributed by atoms with Crippen LogP contribution in [0.15, 0.2) is 71.9 Å². The van der Waals surface area contributed by atoms with E-state index in [4.69, 9.17) is 34.5 Å². The minimum absolute atomic E-state index is 0.00431. The van der Waals surface area contributed by atoms with Crippen LogP contribution in [0.5, 0.6) is 5.75 Å². The summed E-state index contributed by atoms with van der Waals surface area (Å²) in [6, 6.07) is -2.56. The minimum atomic E-state index is -1.84. The molecule has 0 bridgehead atoms. The van der Waals surface area contributed by atoms with Gasteiger partial charge in [0.05, 0.1) is 11.6 Å². The van der Waals surface area contributed by atoms with Crippen molar-refractivity contribution in [3.05, 3.63) is 100 Å². The van der Waals surface area contributed by atoms with Crippen LogP contribution in [0, 0.1) is 17.6 Å². The second-order valence-corrected chi connectivity index (χ2v) is 29.1. The predicted octanol–water partition coefficient (Wildman–Crippen LogP) is -0.858. The van der Waals surface area contributed by atoms with Gasteiger partial charge in [0.15, 0.2) is 5.96 Å². The van der Waals surface area contributed by atoms with Crippen molar-refractivity contribution in [1.82, 2.24) is 63.1 Å². The van der Waals surface area contributed by atoms with Crippen LogP contribution in [0.1, 0.15) is 108 Å². The van der Waals surface area contributed by atoms with Gasteiger partial charge in [-0.15, -0.1) is 0 Å². The summed E-state index contributed by atoms with van der Waals surface area (Å²) >= 11 is 6.19. The zero-order chi connectivity index (χ0) is 79.3. The summed E-state index contributed by atoms with van der Waals surface area (Å²) in [5, 5.41) is 54.8. The Morgan fingerprint density at radius 1 is 0.694 bits per heavy atom. The summed E-state index contributed by atoms with van der Waals surface area (Å²) in [5.74, 6) is -18.9. The number of hydrogen-bond donors (Lipinski definition) is 18. The van der Waals surface area contributed by atoms with Gasteiger partial charge in [-0.3, -0.25) is 72.1 Å². The van der Waals surface area contributed by atoms with Gasteiger partial charge in [0.2, 0.25) is 70.9 Å². The van der Waals surface area contributed by atoms with Crippen molar-refractivity contribution in [2.45, 2.75) is 171 Å². The lowest BCUT2D eigenvalue weighted by molar-refractivity contribution is -0.139. The molecule has 6 rings (SSSR count). The summed E-state index contributed by atoms with van der Waals surface area (Å²) in [6.45, 7) is 1.87. The number of aliphatic imine (C=N–C) groups is 1. The number of benzene rings is 3. The molecule has 34 nitrogen and oxygen atoms in total. The number of nitrogens with zero attached hydrogens (tertiary/aromatic N) is 2. The highest BCUT2D eigenvalue weighted by Gasteiger charge is 2.38. The molecule has 1 aromatic heterocycles. The number of fused-ring (bicyclic) bond motifs is 1. The zero-order valence-electron chi connectivity index (χ0n) is 59.3. The molecule has 588 valence electrons. The number of primary amides is 1. The molecule has 22 N–H and O–H groups in total. The van der Waals surface area contributed by atoms with Gasteiger partial charge in [-0.1, -0.05) is 84.1 Å². The van der Waals surface area contributed by atoms with Crippen LogP contribution >= 0.6 is 33.2 Å². The van der Waals surface area contributed by atoms with Crippen LogP contribution in [0.25, 0.3) is 10.9 Å². The highest BCUT2D eigenvalue weighted by atomic mass is 35.5. The number of carbonyl (C=O) groups excluding carboxylic acids is 12. The SMILES string of the molecule is CC(C)[C@@H]1NC(=O)[C@@H](NC(=O)[C@H](Cc2ccc(O)cc2)NC(=O)CN(C(=O)CCN)C2CCCC2)CSSC[C@@H](C(N)=O)NC(=O)[C@H](CCC(=O)O)NC(=O)[C@H](Cc2c[nH]c3ccc(F)cc23)NC(=O)[C@H](CCC(=O)O)NC(=O)CCNC(=O)[C@H](CCCN=C(N)N)NC(=O)[C@H](Cc2cccc(Cl)c2F)NC1=O. The third kappa shape index (κ3) is 27.8. The Morgan fingerprint density at radius 3 is 1.91 bits per heavy atom. The molecule has 3 aromatic carbocycles. The van der Waals surface area contributed by atoms with Gasteiger partial charge in [0.25, 0.3) is 0 Å². The van der Waals surface area contributed by atoms with Crippen molar-refractivity contribution in [3.8, 4) is 5.75 Å². The van der Waals surface area contributed by atoms with Crippen molar-refractivity contribution in [2.75, 3.05) is 37.7 Å². The van der Waals surface area contributed by atoms with Crippen molar-refractivity contribution < 1.29 is 91.2 Å². The first kappa shape index (κ1) is 86.6. The Balaban J connectivity index is 1.43. The number of aromatic amines is 1. The summed E-state index contributed by atoms with van der Waals surface area (Å²) < 4.78 is 30.7. The molecule has 4 aromatic rings. The van der Waals surface area contributed by atoms with Gasteiger partial charge >= 0.3 is 11.9 Å². The Kier molecular flexibility index (Phi) is 34.4. The Morgan fingerprint density at radius 2 is 1.29 bits per heavy atom. The predicted molar refractivity (Wildman–Crippen MR) is 394 cm³/mol. The van der Waals surface area contributed by atoms with Crippen LogP contribution in [0.3, 0.4) is 0 Å². The van der Waals surface area contributed by atoms with Gasteiger partial charge in [0, 0.05) is 99.2 Å². The molecule has 108 heavy (non-hydrogen) atoms. The van der Waals surface area contributed by atoms with E-state index in [9.17, 15) is 82.0 Å². The number of rotatable bonds is 26. The maximum Gasteiger partial charge on any atom is 0.303 e. The number of aromatic hydroxyl groups is 1. The average Bonchev–Trinajstić information content (AvgIpc) is 1.64. The molecule has 0 spiro atoms. The Bertz CT molecular complexity index is 3920. The van der Waals surface area contributed by atoms with Gasteiger partial charge in [-0.05, 0) is 97.5 Å². The fraction of sp³-hybridized carbons (Fsp3) is 0.493. The molecule has 1 aliphatic carbocycles. The molecule has 2 heterocycles. The second-order valence-electron chi connectivity index (χ2n) is 26.2. The first-order valence-electron chi connectivity index (χ1n) is 34.8. The van der Waals surface area contributed by atoms with E-state index in [0.717, 1.165) is 46.6 Å². The van der Waals surface area contributed by atoms with E-state index < -0.39 is 224 Å². The highest BCUT2D eigenvalue weighted by Crippen LogP contribution is 2.27. The number of phenols is 1. The fourth-order valence-corrected chi connectivity index (χ4v) is 14.4. The molecule has 1 aliphatic heterocycles. The van der Waals surface area contributed by atoms with Gasteiger partial charge < -0.3 is 101 Å². The monoisotopic (exact) mass is 1570 g/mol. The standard InChI is InChI=1S/C69H92ClF2N17O17S2/c1-35(2)59-68(106)85-49(28-37-7-5-10-43(70)58(37)72)65(103)82-45(11-6-25-78-69(75)76)61(99)77-26-23-53(91)80-46(18-20-56(94)95)62(100)84-50(29-38-31-79-44-17-14-39(71)30-42(38)44)66(104)83-47(19-21-57(96)97)63(101)86-51(60(74)98)33-107-108-34-52(67(105)88-59)87-64(102)48(27-36-12-15-41(90)16-13-36)81-54(92)32-89(55(93)22-24-73)40-8-3-4-9-40/h5,7,10,12-17,30-31,35,40,45-52,59,79,90H,3-4,6,8-9,11,18-29,32-34,73H2,1-2H3,(H2,74,98)(H,77,99)(H,80,91)(H,81,92)(H,82,103)(H,83,104)(H,84,100)(H,85,106)(H,86,101)(H,87,102)(H,88,105)(H,94,95)(H,96,97)(H4,75,76,78)/t45-,46-,47-,48-,49-,50-,51-,52-,59-/m0/s1. The van der Waals surface area contributed by atoms with Crippen molar-refractivity contribution in [1.29, 1.82) is 0 Å². The first-order valence-corrected chi connectivity index (χ1v) is 37.6. The largest absolute Gasteiger partial charge is 0.508 e. The van der Waals surface area contributed by atoms with Crippen molar-refractivity contribution in [2.24, 2.45) is 33.8 Å². The molecule has 12 amide bonds. The number of halogens is 3. The van der Waals surface area contributed by atoms with Crippen LogP contribution in [-0.4, -0.2) is 212 Å². The van der Waals surface area contributed by atoms with Crippen LogP contribution < -0.4 is 76.1 Å². The van der Waals surface area contributed by atoms with Gasteiger partial charge in [-0.25, -0.2) is 8.78 Å². The van der Waals surface area contributed by atoms with E-state index in [1.165, 1.54) is 73.5 Å². The zero-order valence-corrected chi connectivity index (χ0v) is 61.7. The number of carboxylic acid groups (broad SMARTS) is 2. The number of phenolic OH excluding ortho intramolecular Hbond substituents is 1. The highest BCUT2D eigenvalue weighted by molar-refractivity contribution is 8.76. The molecule has 9 atom stereocenters. The maximum absolute atomic E-state index is 15.9. The second kappa shape index (κ2) is 42.9. The van der Waals surface area contributed by atoms with Crippen LogP contribution in [0.2, 0.25) is 5.02 Å². The number of carbonyl (C=O) groups is 14. The lowest BCUT2D eigenvalue weighted by Gasteiger charge is -2.30. The summed E-state index contributed by atoms with van der Waals surface area (Å²) in [4.78, 5) is 204. The van der Waals surface area contributed by atoms with Gasteiger partial charge in [-0.2, -0.15) is 0 Å². The van der Waals surface area contributed by atoms with E-state index in [1.807, 2.05) is 0 Å². The average molecular weight is 1570 g/mol. The van der Waals surface area contributed by atoms with E-state index in [-0.39, 0.29) is 78.1 Å². The quantitative estimate of drug-likeness (QED) is 0.0157. The van der Waals surface area contributed by atoms with Crippen LogP contribution in [-0.2, 0) is 86.4 Å². The van der Waals surface area contributed by atoms with Crippen LogP contribution in [0.4, 0.5) is 8.78 Å². The molecular formula is C69H92ClF2N17O17S2. The lowest BCUT2D eigenvalue weighted by Crippen LogP contribution is -2.61. The summed E-state index contributed by atoms with van der Waals surface area (Å²) in [7, 11) is 1.58. The molecule has 2 aliphatic rings. The number of H-pyrrole nitrogens is 1. The molecule has 1 saturated carbocycles. The summed E-state index contributed by atoms with van der Waals surface area (Å²) in [5.41, 5.74) is 23.5. The van der Waals surface area contributed by atoms with E-state index in [0.29, 0.717) is 23.9 Å². The minimum Gasteiger partial charge on any atom is -0.508 e. The molecule has 1 saturated heterocycles. The number of nitrogens with two attached hydrogens (primary N) is 4. The van der Waals surface area contributed by atoms with Crippen molar-refractivity contribution in [3.63, 3.8) is 0 Å². The smallest absolute Gasteiger partial charge is 0.303 e. The molecule has 0 radical (unpaired) electrons. The number of nitrogens with one attached hydrogen (secondary N) is 11. The number of carboxylic acids is 2. The van der Waals surface area contributed by atoms with E-state index in [2.05, 4.69) is 63.1 Å². The fourth-order valence-electron chi connectivity index (χ4n) is 11.8. The number of amides is 12. The van der Waals surface area contributed by atoms with Crippen molar-refractivity contribution >= 4 is 133 Å². The maximum atomic E-state index is 15.9. The molecule has 0 unspecified atom stereocenters. The number of aliphatic carboxylic acids is 2. The van der Waals surface area contributed by atoms with E-state index in [1.54, 1.807) is 0 Å². The third-order valence-electron chi connectivity index (χ3n) is 17.6. The normalized spacial score (nSPS) is 21.2. The molecule has 2 fully saturated rings. The third-order valence-corrected chi connectivity index (χ3v) is 20.3. The Labute approximate surface area is 632 Å². The Hall–Kier alpha value is -10.3. The number of hydrogen-bond acceptors (Lipinski definition) is 19. The molecule has 39 heteroatoms. The molecular weight excluding hydrogens is 1480 g/mol. The topological polar surface area (TPSA) is 555 Å². The van der Waals surface area contributed by atoms with E-state index >= 15 is 9.18 Å². The first-order chi connectivity index (χ1) is 51.3. The number of aromatic nitrogens is 1.